The molecule has 2 heteroatoms. The minimum atomic E-state index is 0.387. The summed E-state index contributed by atoms with van der Waals surface area (Å²) in [6, 6.07) is 6.14. The summed E-state index contributed by atoms with van der Waals surface area (Å²) in [7, 11) is 1.96. The van der Waals surface area contributed by atoms with Crippen LogP contribution < -0.4 is 5.32 Å². The monoisotopic (exact) mass is 203 g/mol. The molecule has 2 nitrogen and oxygen atoms in total. The van der Waals surface area contributed by atoms with E-state index in [1.54, 1.807) is 6.07 Å². The number of benzene rings is 1. The maximum absolute atomic E-state index is 9.76. The van der Waals surface area contributed by atoms with Crippen LogP contribution in [0.1, 0.15) is 24.5 Å². The molecule has 1 aromatic carbocycles. The van der Waals surface area contributed by atoms with Crippen molar-refractivity contribution >= 4 is 6.08 Å². The Morgan fingerprint density at radius 1 is 1.33 bits per heavy atom. The van der Waals surface area contributed by atoms with E-state index >= 15 is 0 Å². The molecular weight excluding hydrogens is 186 g/mol. The molecule has 0 bridgehead atoms. The van der Waals surface area contributed by atoms with E-state index in [0.29, 0.717) is 11.8 Å². The smallest absolute Gasteiger partial charge is 0.123 e. The summed E-state index contributed by atoms with van der Waals surface area (Å²) in [4.78, 5) is 0. The van der Waals surface area contributed by atoms with E-state index < -0.39 is 0 Å². The highest BCUT2D eigenvalue weighted by Crippen LogP contribution is 2.31. The number of likely N-dealkylation sites (N-methyl/N-ethyl adjacent to an activating group) is 1. The van der Waals surface area contributed by atoms with E-state index in [9.17, 15) is 5.11 Å². The highest BCUT2D eigenvalue weighted by Gasteiger charge is 2.15. The van der Waals surface area contributed by atoms with Crippen molar-refractivity contribution in [1.82, 2.24) is 5.32 Å². The van der Waals surface area contributed by atoms with Gasteiger partial charge in [-0.2, -0.15) is 0 Å². The molecule has 1 atom stereocenters. The average Bonchev–Trinajstić information content (AvgIpc) is 2.28. The van der Waals surface area contributed by atoms with Gasteiger partial charge in [0.25, 0.3) is 0 Å². The first-order valence-corrected chi connectivity index (χ1v) is 5.41. The Morgan fingerprint density at radius 3 is 2.87 bits per heavy atom. The van der Waals surface area contributed by atoms with E-state index in [4.69, 9.17) is 0 Å². The maximum atomic E-state index is 9.76. The van der Waals surface area contributed by atoms with E-state index in [2.05, 4.69) is 24.4 Å². The molecule has 80 valence electrons. The second kappa shape index (κ2) is 4.07. The van der Waals surface area contributed by atoms with Crippen molar-refractivity contribution in [2.45, 2.75) is 25.8 Å². The molecule has 2 N–H and O–H groups in total. The lowest BCUT2D eigenvalue weighted by Gasteiger charge is -2.21. The number of aryl methyl sites for hydroxylation is 1. The lowest BCUT2D eigenvalue weighted by Crippen LogP contribution is -2.24. The van der Waals surface area contributed by atoms with Crippen LogP contribution in [0.15, 0.2) is 23.8 Å². The van der Waals surface area contributed by atoms with Gasteiger partial charge in [-0.25, -0.2) is 0 Å². The molecule has 1 unspecified atom stereocenters. The minimum Gasteiger partial charge on any atom is -0.507 e. The van der Waals surface area contributed by atoms with Crippen molar-refractivity contribution in [3.8, 4) is 5.75 Å². The molecule has 15 heavy (non-hydrogen) atoms. The summed E-state index contributed by atoms with van der Waals surface area (Å²) in [6.07, 6.45) is 4.23. The van der Waals surface area contributed by atoms with Gasteiger partial charge in [0.15, 0.2) is 0 Å². The van der Waals surface area contributed by atoms with Gasteiger partial charge in [-0.05, 0) is 38.4 Å². The van der Waals surface area contributed by atoms with Crippen LogP contribution in [0, 0.1) is 0 Å². The molecule has 0 radical (unpaired) electrons. The number of aromatic hydroxyl groups is 1. The van der Waals surface area contributed by atoms with Crippen molar-refractivity contribution in [3.05, 3.63) is 34.9 Å². The SMILES string of the molecule is CNC(C)C1=Cc2c(O)cccc2CC1. The van der Waals surface area contributed by atoms with Gasteiger partial charge in [-0.1, -0.05) is 23.8 Å². The number of hydrogen-bond acceptors (Lipinski definition) is 2. The minimum absolute atomic E-state index is 0.387. The second-order valence-electron chi connectivity index (χ2n) is 4.08. The molecular formula is C13H17NO. The maximum Gasteiger partial charge on any atom is 0.123 e. The molecule has 0 aliphatic heterocycles. The van der Waals surface area contributed by atoms with Crippen molar-refractivity contribution in [1.29, 1.82) is 0 Å². The number of phenolic OH excluding ortho intramolecular Hbond substituents is 1. The van der Waals surface area contributed by atoms with E-state index in [1.807, 2.05) is 13.1 Å². The van der Waals surface area contributed by atoms with Gasteiger partial charge < -0.3 is 10.4 Å². The quantitative estimate of drug-likeness (QED) is 0.773. The van der Waals surface area contributed by atoms with Crippen LogP contribution >= 0.6 is 0 Å². The summed E-state index contributed by atoms with van der Waals surface area (Å²) in [5.41, 5.74) is 3.62. The molecule has 1 aliphatic carbocycles. The predicted octanol–water partition coefficient (Wildman–Crippen LogP) is 2.33. The second-order valence-corrected chi connectivity index (χ2v) is 4.08. The average molecular weight is 203 g/mol. The Hall–Kier alpha value is -1.28. The first kappa shape index (κ1) is 10.2. The van der Waals surface area contributed by atoms with Gasteiger partial charge >= 0.3 is 0 Å². The lowest BCUT2D eigenvalue weighted by atomic mass is 9.89. The molecule has 0 amide bonds. The first-order valence-electron chi connectivity index (χ1n) is 5.41. The zero-order valence-electron chi connectivity index (χ0n) is 9.25. The fraction of sp³-hybridized carbons (Fsp3) is 0.385. The van der Waals surface area contributed by atoms with Crippen LogP contribution in [-0.4, -0.2) is 18.2 Å². The molecule has 0 fully saturated rings. The Kier molecular flexibility index (Phi) is 2.78. The van der Waals surface area contributed by atoms with Crippen LogP contribution in [0.25, 0.3) is 6.08 Å². The summed E-state index contributed by atoms with van der Waals surface area (Å²) < 4.78 is 0. The molecule has 0 saturated heterocycles. The third kappa shape index (κ3) is 1.90. The lowest BCUT2D eigenvalue weighted by molar-refractivity contribution is 0.472. The van der Waals surface area contributed by atoms with Crippen LogP contribution in [0.4, 0.5) is 0 Å². The fourth-order valence-electron chi connectivity index (χ4n) is 2.05. The largest absolute Gasteiger partial charge is 0.507 e. The normalized spacial score (nSPS) is 16.8. The van der Waals surface area contributed by atoms with Crippen molar-refractivity contribution < 1.29 is 5.11 Å². The third-order valence-corrected chi connectivity index (χ3v) is 3.18. The third-order valence-electron chi connectivity index (χ3n) is 3.18. The molecule has 0 spiro atoms. The summed E-state index contributed by atoms with van der Waals surface area (Å²) in [5.74, 6) is 0.396. The standard InChI is InChI=1S/C13H17NO/c1-9(14-2)11-7-6-10-4-3-5-13(15)12(10)8-11/h3-5,8-9,14-15H,6-7H2,1-2H3. The van der Waals surface area contributed by atoms with Crippen LogP contribution in [-0.2, 0) is 6.42 Å². The van der Waals surface area contributed by atoms with Gasteiger partial charge in [0.05, 0.1) is 0 Å². The van der Waals surface area contributed by atoms with Gasteiger partial charge in [-0.3, -0.25) is 0 Å². The number of phenols is 1. The van der Waals surface area contributed by atoms with Gasteiger partial charge in [0, 0.05) is 11.6 Å². The van der Waals surface area contributed by atoms with E-state index in [1.165, 1.54) is 11.1 Å². The first-order chi connectivity index (χ1) is 7.22. The Labute approximate surface area is 90.6 Å². The summed E-state index contributed by atoms with van der Waals surface area (Å²) in [6.45, 7) is 2.15. The van der Waals surface area contributed by atoms with Gasteiger partial charge in [0.2, 0.25) is 0 Å². The Balaban J connectivity index is 2.40. The number of hydrogen-bond donors (Lipinski definition) is 2. The molecule has 0 saturated carbocycles. The Morgan fingerprint density at radius 2 is 2.13 bits per heavy atom. The molecule has 1 aliphatic rings. The molecule has 0 aromatic heterocycles. The zero-order valence-corrected chi connectivity index (χ0v) is 9.25. The van der Waals surface area contributed by atoms with Crippen molar-refractivity contribution in [2.75, 3.05) is 7.05 Å². The molecule has 1 aromatic rings. The topological polar surface area (TPSA) is 32.3 Å². The summed E-state index contributed by atoms with van der Waals surface area (Å²) in [5, 5.41) is 13.0. The highest BCUT2D eigenvalue weighted by molar-refractivity contribution is 5.65. The van der Waals surface area contributed by atoms with Gasteiger partial charge in [0.1, 0.15) is 5.75 Å². The van der Waals surface area contributed by atoms with Crippen LogP contribution in [0.3, 0.4) is 0 Å². The fourth-order valence-corrected chi connectivity index (χ4v) is 2.05. The van der Waals surface area contributed by atoms with Crippen molar-refractivity contribution in [2.24, 2.45) is 0 Å². The van der Waals surface area contributed by atoms with Gasteiger partial charge in [-0.15, -0.1) is 0 Å². The van der Waals surface area contributed by atoms with E-state index in [-0.39, 0.29) is 0 Å². The van der Waals surface area contributed by atoms with Crippen LogP contribution in [0.5, 0.6) is 5.75 Å². The van der Waals surface area contributed by atoms with Crippen LogP contribution in [0.2, 0.25) is 0 Å². The number of fused-ring (bicyclic) bond motifs is 1. The van der Waals surface area contributed by atoms with E-state index in [0.717, 1.165) is 18.4 Å². The molecule has 0 heterocycles. The highest BCUT2D eigenvalue weighted by atomic mass is 16.3. The zero-order chi connectivity index (χ0) is 10.8. The van der Waals surface area contributed by atoms with Crippen molar-refractivity contribution in [3.63, 3.8) is 0 Å². The summed E-state index contributed by atoms with van der Waals surface area (Å²) >= 11 is 0. The number of nitrogens with one attached hydrogen (secondary N) is 1. The molecule has 2 rings (SSSR count). The Bertz CT molecular complexity index is 396. The number of rotatable bonds is 2. The predicted molar refractivity (Wildman–Crippen MR) is 62.9 cm³/mol.